The van der Waals surface area contributed by atoms with Crippen molar-refractivity contribution < 1.29 is 42.2 Å². The van der Waals surface area contributed by atoms with Crippen molar-refractivity contribution >= 4 is 40.0 Å². The van der Waals surface area contributed by atoms with Crippen LogP contribution in [0.3, 0.4) is 0 Å². The number of carbonyl (C=O) groups is 3. The van der Waals surface area contributed by atoms with Crippen LogP contribution in [0.4, 0.5) is 0 Å². The zero-order valence-electron chi connectivity index (χ0n) is 39.6. The van der Waals surface area contributed by atoms with Gasteiger partial charge >= 0.3 is 5.97 Å². The first-order chi connectivity index (χ1) is 32.0. The normalized spacial score (nSPS) is 34.2. The molecule has 16 heteroatoms. The van der Waals surface area contributed by atoms with Crippen LogP contribution in [0, 0.1) is 22.7 Å². The van der Waals surface area contributed by atoms with E-state index >= 15 is 4.79 Å². The Morgan fingerprint density at radius 3 is 2.59 bits per heavy atom. The van der Waals surface area contributed by atoms with Crippen molar-refractivity contribution in [1.29, 1.82) is 0 Å². The topological polar surface area (TPSA) is 159 Å². The van der Waals surface area contributed by atoms with Gasteiger partial charge in [0.1, 0.15) is 22.7 Å². The van der Waals surface area contributed by atoms with E-state index in [0.29, 0.717) is 63.8 Å². The highest BCUT2D eigenvalue weighted by atomic mass is 32.1. The van der Waals surface area contributed by atoms with Crippen molar-refractivity contribution in [3.8, 4) is 22.5 Å². The van der Waals surface area contributed by atoms with E-state index in [2.05, 4.69) is 58.3 Å². The number of methoxy groups -OCH3 is 1. The number of ether oxygens (including phenoxy) is 5. The lowest BCUT2D eigenvalue weighted by atomic mass is 9.71. The van der Waals surface area contributed by atoms with Crippen LogP contribution >= 0.6 is 11.3 Å². The molecule has 64 heavy (non-hydrogen) atoms. The third-order valence-electron chi connectivity index (χ3n) is 15.5. The molecule has 1 aromatic carbocycles. The van der Waals surface area contributed by atoms with Crippen molar-refractivity contribution in [2.24, 2.45) is 22.7 Å². The largest absolute Gasteiger partial charge is 0.464 e. The molecule has 15 nitrogen and oxygen atoms in total. The lowest BCUT2D eigenvalue weighted by Crippen LogP contribution is -2.74. The fraction of sp³-hybridized carbons (Fsp3) is 0.604. The van der Waals surface area contributed by atoms with Crippen molar-refractivity contribution in [1.82, 2.24) is 35.2 Å². The van der Waals surface area contributed by atoms with Gasteiger partial charge < -0.3 is 33.6 Å². The average molecular weight is 895 g/mol. The van der Waals surface area contributed by atoms with Crippen LogP contribution in [0.2, 0.25) is 0 Å². The van der Waals surface area contributed by atoms with E-state index in [1.165, 1.54) is 11.3 Å². The van der Waals surface area contributed by atoms with Gasteiger partial charge in [0, 0.05) is 74.8 Å². The van der Waals surface area contributed by atoms with Crippen molar-refractivity contribution in [3.63, 3.8) is 0 Å². The summed E-state index contributed by atoms with van der Waals surface area (Å²) in [5.74, 6) is -1.62. The predicted molar refractivity (Wildman–Crippen MR) is 236 cm³/mol. The zero-order chi connectivity index (χ0) is 46.4. The molecule has 1 spiro atoms. The highest BCUT2D eigenvalue weighted by Crippen LogP contribution is 2.53. The van der Waals surface area contributed by atoms with Crippen LogP contribution in [0.5, 0.6) is 0 Å². The van der Waals surface area contributed by atoms with Gasteiger partial charge in [-0.05, 0) is 87.5 Å². The molecule has 2 N–H and O–H groups in total. The Balaban J connectivity index is 1.01. The number of hydrazine groups is 1. The second-order valence-electron chi connectivity index (χ2n) is 20.6. The SMILES string of the molecule is [2H]C([2H])([2H])[C@@H]1OC2(C(=O)N[C@@H]3C(=O)N4N[C@H](C(=O)OCC(C)(C)Cc5c(-c6cccnc6[C@H](C)OC)n(C6COC6)c6ccc(cc56)-c5csc(n5)[C@H]3N3CC5(COC5)C3)C3CC4C3)CC1C2. The van der Waals surface area contributed by atoms with Gasteiger partial charge in [0.25, 0.3) is 11.8 Å². The number of benzene rings is 1. The van der Waals surface area contributed by atoms with E-state index in [0.717, 1.165) is 44.7 Å². The molecule has 3 aromatic heterocycles. The third kappa shape index (κ3) is 6.37. The maximum atomic E-state index is 15.4. The Morgan fingerprint density at radius 1 is 1.08 bits per heavy atom. The quantitative estimate of drug-likeness (QED) is 0.236. The number of cyclic esters (lactones) is 1. The Kier molecular flexibility index (Phi) is 8.80. The summed E-state index contributed by atoms with van der Waals surface area (Å²) in [6.45, 7) is 7.59. The Morgan fingerprint density at radius 2 is 1.89 bits per heavy atom. The lowest BCUT2D eigenvalue weighted by molar-refractivity contribution is -0.204. The number of thiazole rings is 1. The fourth-order valence-corrected chi connectivity index (χ4v) is 12.7. The standard InChI is InChI=1S/C48H57N7O8S/c1-25-29-14-48(15-29,63-25)45(58)51-39-41(53-20-47(21-53)23-61-24-47)42-50-35(19-64-42)27-8-9-36-33(13-27)34(40(54(36)31-17-60-18-31)32-7-6-10-49-37(32)26(2)59-5)16-46(3,4)22-62-44(57)38-28-11-30(12-28)55(52-38)43(39)56/h6-10,13,19,25-26,28-31,38-39,41,52H,11-12,14-18,20-24H2,1-5H3,(H,51,58)/t25-,26-,28?,29?,30?,38-,39-,41-,48?/m0/s1/i1D3. The van der Waals surface area contributed by atoms with Gasteiger partial charge in [-0.3, -0.25) is 29.3 Å². The zero-order valence-corrected chi connectivity index (χ0v) is 37.4. The number of esters is 1. The van der Waals surface area contributed by atoms with Crippen LogP contribution in [-0.2, 0) is 44.5 Å². The summed E-state index contributed by atoms with van der Waals surface area (Å²) in [5.41, 5.74) is 7.93. The molecule has 7 saturated heterocycles. The molecule has 0 unspecified atom stereocenters. The van der Waals surface area contributed by atoms with E-state index < -0.39 is 59.9 Å². The Hall–Kier alpha value is -4.29. The monoisotopic (exact) mass is 894 g/mol. The molecule has 2 aliphatic carbocycles. The van der Waals surface area contributed by atoms with Crippen LogP contribution in [0.25, 0.3) is 33.4 Å². The molecular formula is C48H57N7O8S. The first-order valence-electron chi connectivity index (χ1n) is 24.3. The predicted octanol–water partition coefficient (Wildman–Crippen LogP) is 5.15. The van der Waals surface area contributed by atoms with Gasteiger partial charge in [0.2, 0.25) is 0 Å². The first-order valence-corrected chi connectivity index (χ1v) is 23.7. The van der Waals surface area contributed by atoms with Gasteiger partial charge in [-0.2, -0.15) is 0 Å². The number of fused-ring (bicyclic) bond motifs is 5. The van der Waals surface area contributed by atoms with Gasteiger partial charge in [0.15, 0.2) is 0 Å². The minimum absolute atomic E-state index is 0.0246. The van der Waals surface area contributed by atoms with Crippen molar-refractivity contribution in [3.05, 3.63) is 58.2 Å². The Bertz CT molecular complexity index is 2660. The first kappa shape index (κ1) is 37.9. The Labute approximate surface area is 380 Å². The second kappa shape index (κ2) is 14.9. The van der Waals surface area contributed by atoms with Crippen LogP contribution in [0.15, 0.2) is 41.9 Å². The second-order valence-corrected chi connectivity index (χ2v) is 21.5. The van der Waals surface area contributed by atoms with E-state index in [1.807, 2.05) is 18.4 Å². The fourth-order valence-electron chi connectivity index (χ4n) is 11.7. The number of pyridine rings is 1. The number of nitrogens with zero attached hydrogens (tertiary/aromatic N) is 5. The summed E-state index contributed by atoms with van der Waals surface area (Å²) < 4.78 is 56.5. The van der Waals surface area contributed by atoms with Crippen LogP contribution in [0.1, 0.15) is 91.9 Å². The summed E-state index contributed by atoms with van der Waals surface area (Å²) in [5, 5.41) is 8.44. The lowest BCUT2D eigenvalue weighted by Gasteiger charge is -2.58. The molecular weight excluding hydrogens is 835 g/mol. The molecule has 2 amide bonds. The summed E-state index contributed by atoms with van der Waals surface area (Å²) in [6.07, 6.45) is 2.77. The third-order valence-corrected chi connectivity index (χ3v) is 16.5. The minimum Gasteiger partial charge on any atom is -0.464 e. The minimum atomic E-state index is -2.38. The smallest absolute Gasteiger partial charge is 0.325 e. The van der Waals surface area contributed by atoms with E-state index in [1.54, 1.807) is 18.3 Å². The average Bonchev–Trinajstić information content (AvgIpc) is 4.03. The highest BCUT2D eigenvalue weighted by Gasteiger charge is 2.62. The summed E-state index contributed by atoms with van der Waals surface area (Å²) in [6, 6.07) is 7.76. The molecule has 8 aliphatic heterocycles. The molecule has 0 radical (unpaired) electrons. The number of rotatable bonds is 7. The molecule has 5 atom stereocenters. The summed E-state index contributed by atoms with van der Waals surface area (Å²) in [7, 11) is 1.69. The van der Waals surface area contributed by atoms with Crippen molar-refractivity contribution in [2.75, 3.05) is 53.2 Å². The molecule has 4 aromatic rings. The number of carbonyl (C=O) groups excluding carboxylic acids is 3. The van der Waals surface area contributed by atoms with E-state index in [9.17, 15) is 9.59 Å². The maximum Gasteiger partial charge on any atom is 0.325 e. The van der Waals surface area contributed by atoms with E-state index in [-0.39, 0.29) is 54.9 Å². The van der Waals surface area contributed by atoms with Crippen molar-refractivity contribution in [2.45, 2.75) is 108 Å². The van der Waals surface area contributed by atoms with Crippen LogP contribution in [-0.4, -0.2) is 125 Å². The van der Waals surface area contributed by atoms with Gasteiger partial charge in [-0.15, -0.1) is 11.3 Å². The highest BCUT2D eigenvalue weighted by molar-refractivity contribution is 7.10. The number of nitrogens with one attached hydrogen (secondary N) is 2. The van der Waals surface area contributed by atoms with Gasteiger partial charge in [-0.25, -0.2) is 10.4 Å². The molecule has 2 saturated carbocycles. The number of hydrogen-bond acceptors (Lipinski definition) is 13. The molecule has 338 valence electrons. The van der Waals surface area contributed by atoms with Gasteiger partial charge in [-0.1, -0.05) is 19.9 Å². The maximum absolute atomic E-state index is 15.4. The van der Waals surface area contributed by atoms with Crippen LogP contribution < -0.4 is 10.7 Å². The number of hydrogen-bond donors (Lipinski definition) is 2. The summed E-state index contributed by atoms with van der Waals surface area (Å²) in [4.78, 5) is 56.9. The number of likely N-dealkylation sites (tertiary alicyclic amines) is 1. The number of amides is 2. The summed E-state index contributed by atoms with van der Waals surface area (Å²) >= 11 is 1.45. The van der Waals surface area contributed by atoms with E-state index in [4.69, 9.17) is 37.8 Å². The molecule has 11 heterocycles. The molecule has 14 rings (SSSR count). The van der Waals surface area contributed by atoms with Gasteiger partial charge in [0.05, 0.1) is 74.4 Å². The number of aromatic nitrogens is 3. The molecule has 9 fully saturated rings. The molecule has 10 aliphatic rings. The molecule has 10 bridgehead atoms.